The average Bonchev–Trinajstić information content (AvgIpc) is 3.20. The van der Waals surface area contributed by atoms with E-state index in [1.807, 2.05) is 42.9 Å². The Morgan fingerprint density at radius 3 is 2.88 bits per heavy atom. The SMILES string of the molecule is Cc1ccc(C)c(S(=O)(=O)CCN2CCC[C@@H]2Cn2cccn2)c1. The van der Waals surface area contributed by atoms with Crippen LogP contribution in [0.2, 0.25) is 0 Å². The fourth-order valence-corrected chi connectivity index (χ4v) is 5.03. The molecule has 0 amide bonds. The van der Waals surface area contributed by atoms with Crippen molar-refractivity contribution in [1.29, 1.82) is 0 Å². The van der Waals surface area contributed by atoms with Gasteiger partial charge in [0.25, 0.3) is 0 Å². The van der Waals surface area contributed by atoms with Gasteiger partial charge in [-0.1, -0.05) is 12.1 Å². The summed E-state index contributed by atoms with van der Waals surface area (Å²) in [4.78, 5) is 2.77. The van der Waals surface area contributed by atoms with Crippen molar-refractivity contribution in [3.8, 4) is 0 Å². The zero-order valence-electron chi connectivity index (χ0n) is 14.4. The molecule has 0 aliphatic carbocycles. The summed E-state index contributed by atoms with van der Waals surface area (Å²) < 4.78 is 27.4. The van der Waals surface area contributed by atoms with Crippen molar-refractivity contribution in [3.05, 3.63) is 47.8 Å². The summed E-state index contributed by atoms with van der Waals surface area (Å²) >= 11 is 0. The molecule has 130 valence electrons. The molecular formula is C18H25N3O2S. The summed E-state index contributed by atoms with van der Waals surface area (Å²) in [5.41, 5.74) is 1.81. The first-order valence-electron chi connectivity index (χ1n) is 8.47. The summed E-state index contributed by atoms with van der Waals surface area (Å²) in [6.45, 7) is 6.17. The number of benzene rings is 1. The Bertz CT molecular complexity index is 785. The number of hydrogen-bond acceptors (Lipinski definition) is 4. The third kappa shape index (κ3) is 3.87. The zero-order valence-corrected chi connectivity index (χ0v) is 15.2. The minimum atomic E-state index is -3.25. The molecule has 2 heterocycles. The van der Waals surface area contributed by atoms with Crippen molar-refractivity contribution < 1.29 is 8.42 Å². The van der Waals surface area contributed by atoms with Gasteiger partial charge in [0.1, 0.15) is 0 Å². The van der Waals surface area contributed by atoms with Crippen LogP contribution < -0.4 is 0 Å². The number of aryl methyl sites for hydroxylation is 2. The number of likely N-dealkylation sites (tertiary alicyclic amines) is 1. The van der Waals surface area contributed by atoms with Gasteiger partial charge < -0.3 is 0 Å². The van der Waals surface area contributed by atoms with Crippen molar-refractivity contribution in [2.45, 2.75) is 44.2 Å². The van der Waals surface area contributed by atoms with Crippen LogP contribution in [-0.4, -0.2) is 48.0 Å². The first-order chi connectivity index (χ1) is 11.5. The molecule has 24 heavy (non-hydrogen) atoms. The lowest BCUT2D eigenvalue weighted by molar-refractivity contribution is 0.239. The van der Waals surface area contributed by atoms with Crippen LogP contribution in [0.3, 0.4) is 0 Å². The van der Waals surface area contributed by atoms with E-state index < -0.39 is 9.84 Å². The van der Waals surface area contributed by atoms with Crippen LogP contribution >= 0.6 is 0 Å². The Morgan fingerprint density at radius 1 is 1.29 bits per heavy atom. The van der Waals surface area contributed by atoms with Gasteiger partial charge >= 0.3 is 0 Å². The van der Waals surface area contributed by atoms with E-state index in [-0.39, 0.29) is 5.75 Å². The van der Waals surface area contributed by atoms with Crippen molar-refractivity contribution in [3.63, 3.8) is 0 Å². The van der Waals surface area contributed by atoms with Crippen molar-refractivity contribution >= 4 is 9.84 Å². The second-order valence-electron chi connectivity index (χ2n) is 6.65. The van der Waals surface area contributed by atoms with Crippen LogP contribution in [0.25, 0.3) is 0 Å². The normalized spacial score (nSPS) is 19.0. The molecule has 1 saturated heterocycles. The number of hydrogen-bond donors (Lipinski definition) is 0. The van der Waals surface area contributed by atoms with E-state index in [0.29, 0.717) is 17.5 Å². The van der Waals surface area contributed by atoms with Crippen LogP contribution in [0, 0.1) is 13.8 Å². The van der Waals surface area contributed by atoms with Crippen molar-refractivity contribution in [2.75, 3.05) is 18.8 Å². The van der Waals surface area contributed by atoms with Crippen LogP contribution in [0.1, 0.15) is 24.0 Å². The lowest BCUT2D eigenvalue weighted by atomic mass is 10.2. The quantitative estimate of drug-likeness (QED) is 0.805. The van der Waals surface area contributed by atoms with Gasteiger partial charge in [-0.2, -0.15) is 5.10 Å². The predicted molar refractivity (Wildman–Crippen MR) is 94.8 cm³/mol. The maximum absolute atomic E-state index is 12.7. The van der Waals surface area contributed by atoms with Crippen molar-refractivity contribution in [2.24, 2.45) is 0 Å². The second-order valence-corrected chi connectivity index (χ2v) is 8.73. The molecular weight excluding hydrogens is 322 g/mol. The molecule has 2 aromatic rings. The highest BCUT2D eigenvalue weighted by molar-refractivity contribution is 7.91. The van der Waals surface area contributed by atoms with E-state index in [2.05, 4.69) is 10.00 Å². The summed E-state index contributed by atoms with van der Waals surface area (Å²) in [6, 6.07) is 7.92. The third-order valence-corrected chi connectivity index (χ3v) is 6.61. The molecule has 0 bridgehead atoms. The molecule has 1 atom stereocenters. The largest absolute Gasteiger partial charge is 0.298 e. The van der Waals surface area contributed by atoms with E-state index in [1.54, 1.807) is 12.3 Å². The van der Waals surface area contributed by atoms with Gasteiger partial charge in [-0.25, -0.2) is 8.42 Å². The summed E-state index contributed by atoms with van der Waals surface area (Å²) in [5.74, 6) is 0.174. The summed E-state index contributed by atoms with van der Waals surface area (Å²) in [5, 5.41) is 4.26. The second kappa shape index (κ2) is 7.07. The highest BCUT2D eigenvalue weighted by Gasteiger charge is 2.27. The highest BCUT2D eigenvalue weighted by atomic mass is 32.2. The Labute approximate surface area is 144 Å². The fourth-order valence-electron chi connectivity index (χ4n) is 3.41. The van der Waals surface area contributed by atoms with Crippen LogP contribution in [0.5, 0.6) is 0 Å². The molecule has 1 aliphatic heterocycles. The molecule has 1 fully saturated rings. The Kier molecular flexibility index (Phi) is 5.06. The lowest BCUT2D eigenvalue weighted by Crippen LogP contribution is -2.36. The minimum absolute atomic E-state index is 0.174. The van der Waals surface area contributed by atoms with Crippen molar-refractivity contribution in [1.82, 2.24) is 14.7 Å². The van der Waals surface area contributed by atoms with Gasteiger partial charge in [-0.05, 0) is 56.5 Å². The van der Waals surface area contributed by atoms with E-state index in [4.69, 9.17) is 0 Å². The average molecular weight is 347 g/mol. The Hall–Kier alpha value is -1.66. The molecule has 6 heteroatoms. The predicted octanol–water partition coefficient (Wildman–Crippen LogP) is 2.44. The van der Waals surface area contributed by atoms with Gasteiger partial charge in [0, 0.05) is 25.0 Å². The number of aromatic nitrogens is 2. The molecule has 5 nitrogen and oxygen atoms in total. The van der Waals surface area contributed by atoms with Gasteiger partial charge in [0.2, 0.25) is 0 Å². The first-order valence-corrected chi connectivity index (χ1v) is 10.1. The molecule has 0 radical (unpaired) electrons. The van der Waals surface area contributed by atoms with Gasteiger partial charge in [0.05, 0.1) is 17.2 Å². The number of sulfone groups is 1. The zero-order chi connectivity index (χ0) is 17.2. The minimum Gasteiger partial charge on any atom is -0.298 e. The Morgan fingerprint density at radius 2 is 2.12 bits per heavy atom. The fraction of sp³-hybridized carbons (Fsp3) is 0.500. The molecule has 3 rings (SSSR count). The Balaban J connectivity index is 1.66. The summed E-state index contributed by atoms with van der Waals surface area (Å²) in [6.07, 6.45) is 5.96. The summed E-state index contributed by atoms with van der Waals surface area (Å²) in [7, 11) is -3.25. The van der Waals surface area contributed by atoms with E-state index >= 15 is 0 Å². The standard InChI is InChI=1S/C18H25N3O2S/c1-15-6-7-16(2)18(13-15)24(22,23)12-11-20-9-3-5-17(20)14-21-10-4-8-19-21/h4,6-8,10,13,17H,3,5,9,11-12,14H2,1-2H3/t17-/m1/s1. The third-order valence-electron chi connectivity index (χ3n) is 4.78. The highest BCUT2D eigenvalue weighted by Crippen LogP contribution is 2.22. The van der Waals surface area contributed by atoms with Crippen LogP contribution in [0.15, 0.2) is 41.6 Å². The maximum Gasteiger partial charge on any atom is 0.179 e. The number of nitrogens with zero attached hydrogens (tertiary/aromatic N) is 3. The molecule has 0 N–H and O–H groups in total. The first kappa shape index (κ1) is 17.2. The number of rotatable bonds is 6. The van der Waals surface area contributed by atoms with E-state index in [1.165, 1.54) is 0 Å². The molecule has 1 aromatic heterocycles. The van der Waals surface area contributed by atoms with E-state index in [9.17, 15) is 8.42 Å². The van der Waals surface area contributed by atoms with Gasteiger partial charge in [0.15, 0.2) is 9.84 Å². The molecule has 0 saturated carbocycles. The van der Waals surface area contributed by atoms with Gasteiger partial charge in [-0.3, -0.25) is 9.58 Å². The monoisotopic (exact) mass is 347 g/mol. The smallest absolute Gasteiger partial charge is 0.179 e. The van der Waals surface area contributed by atoms with E-state index in [0.717, 1.165) is 37.1 Å². The molecule has 0 unspecified atom stereocenters. The topological polar surface area (TPSA) is 55.2 Å². The van der Waals surface area contributed by atoms with Gasteiger partial charge in [-0.15, -0.1) is 0 Å². The van der Waals surface area contributed by atoms with Crippen LogP contribution in [0.4, 0.5) is 0 Å². The molecule has 1 aliphatic rings. The molecule has 0 spiro atoms. The van der Waals surface area contributed by atoms with Crippen LogP contribution in [-0.2, 0) is 16.4 Å². The molecule has 1 aromatic carbocycles. The lowest BCUT2D eigenvalue weighted by Gasteiger charge is -2.24. The maximum atomic E-state index is 12.7.